The van der Waals surface area contributed by atoms with Gasteiger partial charge in [0.25, 0.3) is 0 Å². The molecule has 1 N–H and O–H groups in total. The summed E-state index contributed by atoms with van der Waals surface area (Å²) in [5.41, 5.74) is 5.88. The molecule has 1 heterocycles. The van der Waals surface area contributed by atoms with Gasteiger partial charge in [0.1, 0.15) is 5.75 Å². The number of rotatable bonds is 5. The molecule has 3 rings (SSSR count). The molecular formula is C20H22N2O4. The third-order valence-corrected chi connectivity index (χ3v) is 4.31. The zero-order valence-corrected chi connectivity index (χ0v) is 15.3. The van der Waals surface area contributed by atoms with Gasteiger partial charge in [0.05, 0.1) is 33.1 Å². The smallest absolute Gasteiger partial charge is 0.238 e. The average Bonchev–Trinajstić information content (AvgIpc) is 3.13. The van der Waals surface area contributed by atoms with E-state index in [0.717, 1.165) is 22.6 Å². The molecule has 0 radical (unpaired) electrons. The summed E-state index contributed by atoms with van der Waals surface area (Å²) in [5, 5.41) is 1.60. The number of hydrogen-bond donors (Lipinski definition) is 1. The Bertz CT molecular complexity index is 847. The first kappa shape index (κ1) is 17.7. The van der Waals surface area contributed by atoms with Crippen molar-refractivity contribution in [2.24, 2.45) is 0 Å². The number of ether oxygens (including phenoxy) is 3. The second-order valence-electron chi connectivity index (χ2n) is 5.87. The summed E-state index contributed by atoms with van der Waals surface area (Å²) in [6.45, 7) is 1.53. The molecule has 0 saturated carbocycles. The van der Waals surface area contributed by atoms with Gasteiger partial charge in [-0.15, -0.1) is 0 Å². The third-order valence-electron chi connectivity index (χ3n) is 4.31. The van der Waals surface area contributed by atoms with Crippen LogP contribution in [0.15, 0.2) is 48.5 Å². The van der Waals surface area contributed by atoms with Crippen LogP contribution in [0.25, 0.3) is 5.70 Å². The molecule has 6 heteroatoms. The number of hydrazine groups is 1. The van der Waals surface area contributed by atoms with Crippen molar-refractivity contribution in [3.8, 4) is 17.2 Å². The topological polar surface area (TPSA) is 60.0 Å². The number of hydrogen-bond acceptors (Lipinski definition) is 5. The molecule has 6 nitrogen and oxygen atoms in total. The second-order valence-corrected chi connectivity index (χ2v) is 5.87. The molecule has 0 aliphatic carbocycles. The van der Waals surface area contributed by atoms with Crippen molar-refractivity contribution < 1.29 is 19.0 Å². The van der Waals surface area contributed by atoms with Gasteiger partial charge in [-0.3, -0.25) is 10.2 Å². The molecule has 0 saturated heterocycles. The molecule has 0 fully saturated rings. The lowest BCUT2D eigenvalue weighted by molar-refractivity contribution is -0.132. The van der Waals surface area contributed by atoms with Crippen LogP contribution >= 0.6 is 0 Å². The summed E-state index contributed by atoms with van der Waals surface area (Å²) >= 11 is 0. The number of amides is 1. The first-order valence-electron chi connectivity index (χ1n) is 8.22. The van der Waals surface area contributed by atoms with Crippen LogP contribution < -0.4 is 19.6 Å². The largest absolute Gasteiger partial charge is 0.497 e. The SMILES string of the molecule is COc1cccc([C@H]2C=C(c3ccc(OC)c(OC)c3)NN2C(C)=O)c1. The summed E-state index contributed by atoms with van der Waals surface area (Å²) < 4.78 is 16.0. The zero-order valence-electron chi connectivity index (χ0n) is 15.3. The van der Waals surface area contributed by atoms with Crippen molar-refractivity contribution in [2.45, 2.75) is 13.0 Å². The van der Waals surface area contributed by atoms with Crippen molar-refractivity contribution in [1.82, 2.24) is 10.4 Å². The highest BCUT2D eigenvalue weighted by Crippen LogP contribution is 2.35. The van der Waals surface area contributed by atoms with Crippen LogP contribution in [0.5, 0.6) is 17.2 Å². The van der Waals surface area contributed by atoms with Gasteiger partial charge in [0.2, 0.25) is 5.91 Å². The fourth-order valence-corrected chi connectivity index (χ4v) is 2.98. The Morgan fingerprint density at radius 2 is 1.77 bits per heavy atom. The fraction of sp³-hybridized carbons (Fsp3) is 0.250. The van der Waals surface area contributed by atoms with Crippen LogP contribution in [0.2, 0.25) is 0 Å². The number of nitrogens with zero attached hydrogens (tertiary/aromatic N) is 1. The van der Waals surface area contributed by atoms with E-state index in [0.29, 0.717) is 11.5 Å². The van der Waals surface area contributed by atoms with Crippen LogP contribution in [-0.4, -0.2) is 32.2 Å². The molecule has 0 spiro atoms. The maximum absolute atomic E-state index is 12.1. The van der Waals surface area contributed by atoms with Crippen molar-refractivity contribution >= 4 is 11.6 Å². The van der Waals surface area contributed by atoms with E-state index in [9.17, 15) is 4.79 Å². The molecule has 1 aliphatic heterocycles. The molecule has 1 aliphatic rings. The summed E-state index contributed by atoms with van der Waals surface area (Å²) in [6, 6.07) is 13.1. The predicted molar refractivity (Wildman–Crippen MR) is 98.9 cm³/mol. The van der Waals surface area contributed by atoms with E-state index in [1.165, 1.54) is 6.92 Å². The van der Waals surface area contributed by atoms with Crippen LogP contribution in [0.4, 0.5) is 0 Å². The van der Waals surface area contributed by atoms with E-state index in [-0.39, 0.29) is 11.9 Å². The van der Waals surface area contributed by atoms with E-state index < -0.39 is 0 Å². The predicted octanol–water partition coefficient (Wildman–Crippen LogP) is 3.16. The Balaban J connectivity index is 1.99. The monoisotopic (exact) mass is 354 g/mol. The maximum atomic E-state index is 12.1. The average molecular weight is 354 g/mol. The molecular weight excluding hydrogens is 332 g/mol. The number of carbonyl (C=O) groups excluding carboxylic acids is 1. The summed E-state index contributed by atoms with van der Waals surface area (Å²) in [6.07, 6.45) is 2.01. The lowest BCUT2D eigenvalue weighted by Gasteiger charge is -2.24. The van der Waals surface area contributed by atoms with Gasteiger partial charge in [-0.1, -0.05) is 12.1 Å². The first-order valence-corrected chi connectivity index (χ1v) is 8.22. The van der Waals surface area contributed by atoms with E-state index in [1.807, 2.05) is 48.5 Å². The van der Waals surface area contributed by atoms with Crippen molar-refractivity contribution in [1.29, 1.82) is 0 Å². The maximum Gasteiger partial charge on any atom is 0.238 e. The minimum atomic E-state index is -0.231. The van der Waals surface area contributed by atoms with Crippen LogP contribution in [0.1, 0.15) is 24.1 Å². The van der Waals surface area contributed by atoms with Crippen LogP contribution in [-0.2, 0) is 4.79 Å². The molecule has 26 heavy (non-hydrogen) atoms. The first-order chi connectivity index (χ1) is 12.6. The molecule has 0 bridgehead atoms. The highest BCUT2D eigenvalue weighted by atomic mass is 16.5. The van der Waals surface area contributed by atoms with E-state index in [4.69, 9.17) is 14.2 Å². The van der Waals surface area contributed by atoms with Crippen LogP contribution in [0, 0.1) is 0 Å². The quantitative estimate of drug-likeness (QED) is 0.894. The van der Waals surface area contributed by atoms with Crippen molar-refractivity contribution in [2.75, 3.05) is 21.3 Å². The minimum absolute atomic E-state index is 0.0791. The highest BCUT2D eigenvalue weighted by Gasteiger charge is 2.29. The standard InChI is InChI=1S/C20H22N2O4/c1-13(23)22-18(15-6-5-7-16(10-15)24-2)12-17(21-22)14-8-9-19(25-3)20(11-14)26-4/h5-12,18,21H,1-4H3/t18-/m1/s1. The number of methoxy groups -OCH3 is 3. The van der Waals surface area contributed by atoms with Gasteiger partial charge in [0, 0.05) is 12.5 Å². The van der Waals surface area contributed by atoms with Crippen molar-refractivity contribution in [3.63, 3.8) is 0 Å². The lowest BCUT2D eigenvalue weighted by Crippen LogP contribution is -2.37. The molecule has 136 valence electrons. The van der Waals surface area contributed by atoms with Gasteiger partial charge >= 0.3 is 0 Å². The van der Waals surface area contributed by atoms with Gasteiger partial charge in [-0.05, 0) is 42.0 Å². The Kier molecular flexibility index (Phi) is 5.02. The summed E-state index contributed by atoms with van der Waals surface area (Å²) in [7, 11) is 4.82. The van der Waals surface area contributed by atoms with E-state index in [2.05, 4.69) is 5.43 Å². The molecule has 2 aromatic rings. The lowest BCUT2D eigenvalue weighted by atomic mass is 10.0. The molecule has 1 amide bonds. The Morgan fingerprint density at radius 3 is 2.42 bits per heavy atom. The van der Waals surface area contributed by atoms with E-state index in [1.54, 1.807) is 26.3 Å². The van der Waals surface area contributed by atoms with Gasteiger partial charge in [-0.25, -0.2) is 5.01 Å². The number of benzene rings is 2. The zero-order chi connectivity index (χ0) is 18.7. The van der Waals surface area contributed by atoms with Crippen LogP contribution in [0.3, 0.4) is 0 Å². The Morgan fingerprint density at radius 1 is 1.00 bits per heavy atom. The molecule has 0 aromatic heterocycles. The van der Waals surface area contributed by atoms with Gasteiger partial charge in [-0.2, -0.15) is 0 Å². The molecule has 0 unspecified atom stereocenters. The number of nitrogens with one attached hydrogen (secondary N) is 1. The van der Waals surface area contributed by atoms with Gasteiger partial charge < -0.3 is 14.2 Å². The normalized spacial score (nSPS) is 15.9. The number of carbonyl (C=O) groups is 1. The second kappa shape index (κ2) is 7.39. The fourth-order valence-electron chi connectivity index (χ4n) is 2.98. The minimum Gasteiger partial charge on any atom is -0.497 e. The highest BCUT2D eigenvalue weighted by molar-refractivity contribution is 5.79. The summed E-state index contributed by atoms with van der Waals surface area (Å²) in [4.78, 5) is 12.1. The van der Waals surface area contributed by atoms with Gasteiger partial charge in [0.15, 0.2) is 11.5 Å². The molecule has 2 aromatic carbocycles. The Labute approximate surface area is 152 Å². The molecule has 1 atom stereocenters. The van der Waals surface area contributed by atoms with E-state index >= 15 is 0 Å². The van der Waals surface area contributed by atoms with Crippen molar-refractivity contribution in [3.05, 3.63) is 59.7 Å². The Hall–Kier alpha value is -3.15. The third kappa shape index (κ3) is 3.31. The summed E-state index contributed by atoms with van der Waals surface area (Å²) in [5.74, 6) is 1.96.